The van der Waals surface area contributed by atoms with E-state index in [0.717, 1.165) is 29.4 Å². The first kappa shape index (κ1) is 19.9. The second kappa shape index (κ2) is 9.87. The molecule has 0 atom stereocenters. The Morgan fingerprint density at radius 1 is 1.09 bits per heavy atom. The fraction of sp³-hybridized carbons (Fsp3) is 0.400. The van der Waals surface area contributed by atoms with Gasteiger partial charge in [-0.15, -0.1) is 10.2 Å². The first-order valence-electron chi connectivity index (χ1n) is 7.00. The molecule has 0 bridgehead atoms. The number of allylic oxidation sites excluding steroid dienone is 1. The Balaban J connectivity index is 0.000000463. The van der Waals surface area contributed by atoms with Crippen molar-refractivity contribution in [3.63, 3.8) is 0 Å². The molecule has 128 valence electrons. The summed E-state index contributed by atoms with van der Waals surface area (Å²) in [5.41, 5.74) is 1.02. The normalized spacial score (nSPS) is 15.6. The van der Waals surface area contributed by atoms with E-state index in [-0.39, 0.29) is 0 Å². The van der Waals surface area contributed by atoms with Crippen LogP contribution in [0.3, 0.4) is 0 Å². The molecule has 0 unspecified atom stereocenters. The maximum atomic E-state index is 8.49. The third-order valence-corrected chi connectivity index (χ3v) is 3.53. The van der Waals surface area contributed by atoms with Crippen LogP contribution in [0.4, 0.5) is 0 Å². The van der Waals surface area contributed by atoms with Crippen LogP contribution < -0.4 is 23.4 Å². The average molecular weight is 364 g/mol. The molecule has 1 aliphatic rings. The topological polar surface area (TPSA) is 104 Å². The minimum atomic E-state index is -4.94. The molecule has 1 aliphatic heterocycles. The van der Waals surface area contributed by atoms with Crippen molar-refractivity contribution in [3.05, 3.63) is 35.9 Å². The van der Waals surface area contributed by atoms with Gasteiger partial charge < -0.3 is 4.74 Å². The van der Waals surface area contributed by atoms with E-state index in [4.69, 9.17) is 35.0 Å². The monoisotopic (exact) mass is 363 g/mol. The molecule has 1 heterocycles. The summed E-state index contributed by atoms with van der Waals surface area (Å²) in [5, 5.41) is 0.767. The molecule has 1 aromatic rings. The number of rotatable bonds is 3. The predicted molar refractivity (Wildman–Crippen MR) is 76.7 cm³/mol. The van der Waals surface area contributed by atoms with Crippen LogP contribution in [0.2, 0.25) is 0 Å². The Morgan fingerprint density at radius 3 is 2.09 bits per heavy atom. The van der Waals surface area contributed by atoms with Crippen LogP contribution in [0, 0.1) is 10.2 Å². The van der Waals surface area contributed by atoms with Crippen LogP contribution in [-0.4, -0.2) is 31.0 Å². The quantitative estimate of drug-likeness (QED) is 0.626. The SMILES string of the molecule is COc1ccc(C(Cl)=CC=[N+]2CCCCC2)cc1.[O-][Cl+3]([O-])([O-])[O-]. The molecule has 0 radical (unpaired) electrons. The summed E-state index contributed by atoms with van der Waals surface area (Å²) in [6.07, 6.45) is 8.00. The molecule has 1 fully saturated rings. The molecule has 23 heavy (non-hydrogen) atoms. The Bertz CT molecular complexity index is 524. The van der Waals surface area contributed by atoms with Crippen LogP contribution in [-0.2, 0) is 0 Å². The summed E-state index contributed by atoms with van der Waals surface area (Å²) in [7, 11) is -3.28. The zero-order valence-corrected chi connectivity index (χ0v) is 14.3. The maximum Gasteiger partial charge on any atom is 0.164 e. The van der Waals surface area contributed by atoms with Crippen LogP contribution in [0.1, 0.15) is 24.8 Å². The molecule has 0 N–H and O–H groups in total. The van der Waals surface area contributed by atoms with Gasteiger partial charge in [0, 0.05) is 18.9 Å². The largest absolute Gasteiger partial charge is 0.497 e. The van der Waals surface area contributed by atoms with Crippen LogP contribution in [0.15, 0.2) is 30.3 Å². The van der Waals surface area contributed by atoms with Crippen molar-refractivity contribution in [2.45, 2.75) is 19.3 Å². The van der Waals surface area contributed by atoms with E-state index in [2.05, 4.69) is 10.8 Å². The van der Waals surface area contributed by atoms with Gasteiger partial charge in [0.25, 0.3) is 0 Å². The molecule has 1 saturated heterocycles. The summed E-state index contributed by atoms with van der Waals surface area (Å²) < 4.78 is 41.4. The van der Waals surface area contributed by atoms with Crippen molar-refractivity contribution >= 4 is 22.8 Å². The molecule has 0 saturated carbocycles. The van der Waals surface area contributed by atoms with Gasteiger partial charge in [0.1, 0.15) is 18.8 Å². The number of methoxy groups -OCH3 is 1. The molecular weight excluding hydrogens is 345 g/mol. The number of benzene rings is 1. The standard InChI is InChI=1S/C15H19ClNO.ClHO4/c1-18-14-7-5-13(6-8-14)15(16)9-12-17-10-3-2-4-11-17;2-1(3,4)5/h5-9,12H,2-4,10-11H2,1H3;(H,2,3,4,5)/q+1;/p-1. The first-order chi connectivity index (χ1) is 10.8. The molecular formula is C15H19Cl2NO5. The summed E-state index contributed by atoms with van der Waals surface area (Å²) in [5.74, 6) is 0.850. The van der Waals surface area contributed by atoms with Crippen LogP contribution in [0.5, 0.6) is 5.75 Å². The lowest BCUT2D eigenvalue weighted by Crippen LogP contribution is -2.68. The summed E-state index contributed by atoms with van der Waals surface area (Å²) in [4.78, 5) is 0. The minimum Gasteiger partial charge on any atom is -0.497 e. The van der Waals surface area contributed by atoms with E-state index < -0.39 is 10.2 Å². The lowest BCUT2D eigenvalue weighted by atomic mass is 10.1. The van der Waals surface area contributed by atoms with Crippen LogP contribution >= 0.6 is 11.6 Å². The van der Waals surface area contributed by atoms with Gasteiger partial charge in [-0.2, -0.15) is 0 Å². The van der Waals surface area contributed by atoms with Gasteiger partial charge in [-0.25, -0.2) is 23.2 Å². The zero-order chi connectivity index (χ0) is 17.3. The average Bonchev–Trinajstić information content (AvgIpc) is 2.52. The lowest BCUT2D eigenvalue weighted by Gasteiger charge is -2.17. The summed E-state index contributed by atoms with van der Waals surface area (Å²) in [6.45, 7) is 2.28. The second-order valence-electron chi connectivity index (χ2n) is 4.87. The predicted octanol–water partition coefficient (Wildman–Crippen LogP) is -1.21. The minimum absolute atomic E-state index is 0.767. The smallest absolute Gasteiger partial charge is 0.164 e. The zero-order valence-electron chi connectivity index (χ0n) is 12.7. The van der Waals surface area contributed by atoms with E-state index in [1.54, 1.807) is 7.11 Å². The number of hydrogen-bond acceptors (Lipinski definition) is 5. The van der Waals surface area contributed by atoms with Crippen molar-refractivity contribution in [2.24, 2.45) is 0 Å². The van der Waals surface area contributed by atoms with E-state index in [1.807, 2.05) is 30.3 Å². The number of piperidine rings is 1. The second-order valence-corrected chi connectivity index (χ2v) is 6.03. The Labute approximate surface area is 142 Å². The molecule has 6 nitrogen and oxygen atoms in total. The fourth-order valence-corrected chi connectivity index (χ4v) is 2.27. The van der Waals surface area contributed by atoms with Crippen molar-refractivity contribution in [3.8, 4) is 5.75 Å². The first-order valence-corrected chi connectivity index (χ1v) is 8.61. The van der Waals surface area contributed by atoms with Crippen molar-refractivity contribution in [1.29, 1.82) is 0 Å². The Kier molecular flexibility index (Phi) is 8.54. The molecule has 0 aromatic heterocycles. The van der Waals surface area contributed by atoms with Gasteiger partial charge in [-0.1, -0.05) is 11.6 Å². The molecule has 0 aliphatic carbocycles. The molecule has 2 rings (SSSR count). The third-order valence-electron chi connectivity index (χ3n) is 3.19. The van der Waals surface area contributed by atoms with Crippen LogP contribution in [0.25, 0.3) is 5.03 Å². The number of ether oxygens (including phenoxy) is 1. The number of halogens is 2. The lowest BCUT2D eigenvalue weighted by molar-refractivity contribution is -2.00. The Morgan fingerprint density at radius 2 is 1.61 bits per heavy atom. The number of nitrogens with zero attached hydrogens (tertiary/aromatic N) is 1. The molecule has 0 spiro atoms. The third kappa shape index (κ3) is 9.55. The van der Waals surface area contributed by atoms with Gasteiger partial charge in [0.15, 0.2) is 6.21 Å². The van der Waals surface area contributed by atoms with E-state index in [0.29, 0.717) is 0 Å². The highest BCUT2D eigenvalue weighted by Crippen LogP contribution is 2.21. The van der Waals surface area contributed by atoms with Gasteiger partial charge in [0.05, 0.1) is 12.1 Å². The summed E-state index contributed by atoms with van der Waals surface area (Å²) in [6, 6.07) is 7.79. The van der Waals surface area contributed by atoms with E-state index in [1.165, 1.54) is 19.3 Å². The van der Waals surface area contributed by atoms with Gasteiger partial charge in [-0.3, -0.25) is 0 Å². The highest BCUT2D eigenvalue weighted by molar-refractivity contribution is 6.49. The molecule has 1 aromatic carbocycles. The summed E-state index contributed by atoms with van der Waals surface area (Å²) >= 11 is 6.28. The highest BCUT2D eigenvalue weighted by atomic mass is 35.7. The van der Waals surface area contributed by atoms with E-state index in [9.17, 15) is 0 Å². The van der Waals surface area contributed by atoms with Crippen molar-refractivity contribution in [2.75, 3.05) is 20.2 Å². The highest BCUT2D eigenvalue weighted by Gasteiger charge is 2.09. The molecule has 0 amide bonds. The van der Waals surface area contributed by atoms with Crippen molar-refractivity contribution < 1.29 is 38.2 Å². The fourth-order valence-electron chi connectivity index (χ4n) is 2.08. The van der Waals surface area contributed by atoms with Crippen molar-refractivity contribution in [1.82, 2.24) is 0 Å². The molecule has 8 heteroatoms. The van der Waals surface area contributed by atoms with Gasteiger partial charge >= 0.3 is 0 Å². The van der Waals surface area contributed by atoms with Gasteiger partial charge in [-0.05, 0) is 36.2 Å². The maximum absolute atomic E-state index is 8.49. The Hall–Kier alpha value is -1.15. The van der Waals surface area contributed by atoms with E-state index >= 15 is 0 Å². The number of hydrogen-bond donors (Lipinski definition) is 0. The van der Waals surface area contributed by atoms with Gasteiger partial charge in [0.2, 0.25) is 0 Å².